The highest BCUT2D eigenvalue weighted by Gasteiger charge is 2.20. The molecule has 5 nitrogen and oxygen atoms in total. The third-order valence-electron chi connectivity index (χ3n) is 3.13. The highest BCUT2D eigenvalue weighted by Crippen LogP contribution is 2.14. The molecule has 0 spiro atoms. The minimum Gasteiger partial charge on any atom is -0.451 e. The van der Waals surface area contributed by atoms with Gasteiger partial charge in [0.25, 0.3) is 0 Å². The van der Waals surface area contributed by atoms with Crippen LogP contribution in [-0.2, 0) is 9.53 Å². The number of nitrogens with one attached hydrogen (secondary N) is 1. The molecule has 0 fully saturated rings. The highest BCUT2D eigenvalue weighted by atomic mass is 16.5. The van der Waals surface area contributed by atoms with Crippen LogP contribution < -0.4 is 5.32 Å². The largest absolute Gasteiger partial charge is 0.451 e. The van der Waals surface area contributed by atoms with Crippen molar-refractivity contribution < 1.29 is 19.1 Å². The molecule has 5 heteroatoms. The van der Waals surface area contributed by atoms with Crippen molar-refractivity contribution in [1.29, 1.82) is 0 Å². The first-order chi connectivity index (χ1) is 11.0. The van der Waals surface area contributed by atoms with Gasteiger partial charge >= 0.3 is 5.97 Å². The standard InChI is InChI=1S/C18H17NO4/c1-12(17(21)14-7-4-3-5-8-14)23-18(22)15-9-6-10-16(11-15)19-13(2)20/h3-12H,1-2H3,(H,19,20). The molecule has 0 bridgehead atoms. The van der Waals surface area contributed by atoms with Gasteiger partial charge in [0, 0.05) is 18.2 Å². The van der Waals surface area contributed by atoms with Crippen LogP contribution >= 0.6 is 0 Å². The summed E-state index contributed by atoms with van der Waals surface area (Å²) >= 11 is 0. The molecule has 0 saturated heterocycles. The molecule has 0 saturated carbocycles. The number of carbonyl (C=O) groups is 3. The van der Waals surface area contributed by atoms with Gasteiger partial charge < -0.3 is 10.1 Å². The number of ketones is 1. The monoisotopic (exact) mass is 311 g/mol. The van der Waals surface area contributed by atoms with E-state index in [2.05, 4.69) is 5.32 Å². The Balaban J connectivity index is 2.06. The van der Waals surface area contributed by atoms with Crippen LogP contribution in [0.15, 0.2) is 54.6 Å². The third-order valence-corrected chi connectivity index (χ3v) is 3.13. The maximum Gasteiger partial charge on any atom is 0.338 e. The second-order valence-corrected chi connectivity index (χ2v) is 5.04. The van der Waals surface area contributed by atoms with Gasteiger partial charge in [0.05, 0.1) is 5.56 Å². The van der Waals surface area contributed by atoms with Gasteiger partial charge in [0.2, 0.25) is 11.7 Å². The lowest BCUT2D eigenvalue weighted by Crippen LogP contribution is -2.24. The third kappa shape index (κ3) is 4.51. The Morgan fingerprint density at radius 2 is 1.61 bits per heavy atom. The molecule has 1 unspecified atom stereocenters. The van der Waals surface area contributed by atoms with Crippen molar-refractivity contribution in [2.75, 3.05) is 5.32 Å². The van der Waals surface area contributed by atoms with E-state index < -0.39 is 12.1 Å². The van der Waals surface area contributed by atoms with E-state index in [1.165, 1.54) is 19.9 Å². The molecule has 118 valence electrons. The molecule has 0 aliphatic rings. The fourth-order valence-electron chi connectivity index (χ4n) is 2.05. The summed E-state index contributed by atoms with van der Waals surface area (Å²) in [6.45, 7) is 2.91. The lowest BCUT2D eigenvalue weighted by Gasteiger charge is -2.13. The van der Waals surface area contributed by atoms with E-state index in [9.17, 15) is 14.4 Å². The van der Waals surface area contributed by atoms with E-state index >= 15 is 0 Å². The van der Waals surface area contributed by atoms with Crippen LogP contribution in [0.5, 0.6) is 0 Å². The van der Waals surface area contributed by atoms with Crippen molar-refractivity contribution in [1.82, 2.24) is 0 Å². The van der Waals surface area contributed by atoms with Crippen LogP contribution in [0.1, 0.15) is 34.6 Å². The molecule has 1 amide bonds. The van der Waals surface area contributed by atoms with Crippen LogP contribution in [-0.4, -0.2) is 23.8 Å². The van der Waals surface area contributed by atoms with Crippen LogP contribution in [0, 0.1) is 0 Å². The smallest absolute Gasteiger partial charge is 0.338 e. The molecule has 23 heavy (non-hydrogen) atoms. The maximum absolute atomic E-state index is 12.2. The molecule has 0 aliphatic carbocycles. The predicted octanol–water partition coefficient (Wildman–Crippen LogP) is 3.07. The van der Waals surface area contributed by atoms with Gasteiger partial charge in [-0.1, -0.05) is 36.4 Å². The fourth-order valence-corrected chi connectivity index (χ4v) is 2.05. The van der Waals surface area contributed by atoms with Crippen molar-refractivity contribution in [2.45, 2.75) is 20.0 Å². The molecule has 1 atom stereocenters. The maximum atomic E-state index is 12.2. The fraction of sp³-hybridized carbons (Fsp3) is 0.167. The Morgan fingerprint density at radius 1 is 0.957 bits per heavy atom. The minimum absolute atomic E-state index is 0.233. The second kappa shape index (κ2) is 7.35. The number of rotatable bonds is 5. The number of carbonyl (C=O) groups excluding carboxylic acids is 3. The van der Waals surface area contributed by atoms with Gasteiger partial charge in [-0.15, -0.1) is 0 Å². The van der Waals surface area contributed by atoms with Crippen LogP contribution in [0.3, 0.4) is 0 Å². The Hall–Kier alpha value is -2.95. The van der Waals surface area contributed by atoms with E-state index in [1.54, 1.807) is 48.5 Å². The number of Topliss-reactive ketones (excluding diaryl/α,β-unsaturated/α-hetero) is 1. The Bertz CT molecular complexity index is 725. The second-order valence-electron chi connectivity index (χ2n) is 5.04. The van der Waals surface area contributed by atoms with Crippen molar-refractivity contribution in [2.24, 2.45) is 0 Å². The Labute approximate surface area is 134 Å². The van der Waals surface area contributed by atoms with E-state index in [-0.39, 0.29) is 17.3 Å². The molecule has 0 heterocycles. The first kappa shape index (κ1) is 16.4. The van der Waals surface area contributed by atoms with Gasteiger partial charge in [-0.3, -0.25) is 9.59 Å². The molecule has 2 aromatic carbocycles. The summed E-state index contributed by atoms with van der Waals surface area (Å²) in [5, 5.41) is 2.59. The predicted molar refractivity (Wildman–Crippen MR) is 86.4 cm³/mol. The summed E-state index contributed by atoms with van der Waals surface area (Å²) in [6.07, 6.45) is -0.894. The molecule has 2 aromatic rings. The van der Waals surface area contributed by atoms with Gasteiger partial charge in [-0.05, 0) is 25.1 Å². The highest BCUT2D eigenvalue weighted by molar-refractivity contribution is 6.01. The lowest BCUT2D eigenvalue weighted by atomic mass is 10.1. The molecule has 0 radical (unpaired) electrons. The molecule has 0 aliphatic heterocycles. The van der Waals surface area contributed by atoms with Crippen molar-refractivity contribution >= 4 is 23.3 Å². The lowest BCUT2D eigenvalue weighted by molar-refractivity contribution is -0.114. The zero-order chi connectivity index (χ0) is 16.8. The number of ether oxygens (including phenoxy) is 1. The summed E-state index contributed by atoms with van der Waals surface area (Å²) in [4.78, 5) is 35.4. The first-order valence-electron chi connectivity index (χ1n) is 7.15. The zero-order valence-electron chi connectivity index (χ0n) is 12.9. The van der Waals surface area contributed by atoms with Gasteiger partial charge in [-0.2, -0.15) is 0 Å². The van der Waals surface area contributed by atoms with E-state index in [1.807, 2.05) is 0 Å². The van der Waals surface area contributed by atoms with E-state index in [0.29, 0.717) is 11.3 Å². The van der Waals surface area contributed by atoms with Crippen LogP contribution in [0.4, 0.5) is 5.69 Å². The number of hydrogen-bond acceptors (Lipinski definition) is 4. The summed E-state index contributed by atoms with van der Waals surface area (Å²) in [5.74, 6) is -1.12. The van der Waals surface area contributed by atoms with Crippen LogP contribution in [0.2, 0.25) is 0 Å². The Morgan fingerprint density at radius 3 is 2.26 bits per heavy atom. The average Bonchev–Trinajstić information content (AvgIpc) is 2.54. The Kier molecular flexibility index (Phi) is 5.25. The summed E-state index contributed by atoms with van der Waals surface area (Å²) in [5.41, 5.74) is 1.25. The minimum atomic E-state index is -0.894. The molecule has 0 aromatic heterocycles. The number of benzene rings is 2. The van der Waals surface area contributed by atoms with Crippen molar-refractivity contribution in [3.63, 3.8) is 0 Å². The average molecular weight is 311 g/mol. The van der Waals surface area contributed by atoms with Gasteiger partial charge in [0.1, 0.15) is 0 Å². The number of hydrogen-bond donors (Lipinski definition) is 1. The molecular weight excluding hydrogens is 294 g/mol. The first-order valence-corrected chi connectivity index (χ1v) is 7.15. The van der Waals surface area contributed by atoms with Crippen LogP contribution in [0.25, 0.3) is 0 Å². The van der Waals surface area contributed by atoms with E-state index in [4.69, 9.17) is 4.74 Å². The molecule has 1 N–H and O–H groups in total. The zero-order valence-corrected chi connectivity index (χ0v) is 12.9. The summed E-state index contributed by atoms with van der Waals surface area (Å²) in [7, 11) is 0. The number of amides is 1. The summed E-state index contributed by atoms with van der Waals surface area (Å²) in [6, 6.07) is 15.0. The summed E-state index contributed by atoms with van der Waals surface area (Å²) < 4.78 is 5.21. The van der Waals surface area contributed by atoms with Crippen molar-refractivity contribution in [3.8, 4) is 0 Å². The molecular formula is C18H17NO4. The SMILES string of the molecule is CC(=O)Nc1cccc(C(=O)OC(C)C(=O)c2ccccc2)c1. The van der Waals surface area contributed by atoms with Crippen molar-refractivity contribution in [3.05, 3.63) is 65.7 Å². The topological polar surface area (TPSA) is 72.5 Å². The van der Waals surface area contributed by atoms with Gasteiger partial charge in [0.15, 0.2) is 6.10 Å². The molecule has 2 rings (SSSR count). The van der Waals surface area contributed by atoms with E-state index in [0.717, 1.165) is 0 Å². The normalized spacial score (nSPS) is 11.4. The number of esters is 1. The quantitative estimate of drug-likeness (QED) is 0.680. The number of anilines is 1. The van der Waals surface area contributed by atoms with Gasteiger partial charge in [-0.25, -0.2) is 4.79 Å².